The zero-order valence-electron chi connectivity index (χ0n) is 18.1. The number of aromatic hydroxyl groups is 1. The number of phenols is 1. The van der Waals surface area contributed by atoms with E-state index in [0.717, 1.165) is 44.1 Å². The molecule has 1 saturated carbocycles. The van der Waals surface area contributed by atoms with Gasteiger partial charge in [-0.25, -0.2) is 0 Å². The molecule has 31 heavy (non-hydrogen) atoms. The highest BCUT2D eigenvalue weighted by Crippen LogP contribution is 2.46. The lowest BCUT2D eigenvalue weighted by molar-refractivity contribution is -0.197. The molecule has 3 atom stereocenters. The SMILES string of the molecule is O=C1OC(CCC#Cc2cccc(O)c2)(C2CCCC2)CC(O)C1CC1=CC=CCC1. The van der Waals surface area contributed by atoms with E-state index >= 15 is 0 Å². The molecule has 0 bridgehead atoms. The number of aliphatic hydroxyl groups is 1. The number of allylic oxidation sites excluding steroid dienone is 4. The lowest BCUT2D eigenvalue weighted by atomic mass is 9.73. The van der Waals surface area contributed by atoms with E-state index in [1.807, 2.05) is 12.1 Å². The van der Waals surface area contributed by atoms with Crippen molar-refractivity contribution in [1.82, 2.24) is 0 Å². The number of ether oxygens (including phenoxy) is 1. The number of esters is 1. The molecule has 0 amide bonds. The number of cyclic esters (lactones) is 1. The van der Waals surface area contributed by atoms with Gasteiger partial charge in [-0.2, -0.15) is 0 Å². The second-order valence-electron chi connectivity index (χ2n) is 9.19. The summed E-state index contributed by atoms with van der Waals surface area (Å²) in [5.41, 5.74) is 1.37. The van der Waals surface area contributed by atoms with Crippen molar-refractivity contribution >= 4 is 5.97 Å². The van der Waals surface area contributed by atoms with Crippen molar-refractivity contribution in [2.75, 3.05) is 0 Å². The summed E-state index contributed by atoms with van der Waals surface area (Å²) in [6.45, 7) is 0. The highest BCUT2D eigenvalue weighted by molar-refractivity contribution is 5.75. The van der Waals surface area contributed by atoms with Crippen LogP contribution in [-0.2, 0) is 9.53 Å². The van der Waals surface area contributed by atoms with Crippen molar-refractivity contribution in [3.63, 3.8) is 0 Å². The molecule has 0 radical (unpaired) electrons. The molecule has 2 N–H and O–H groups in total. The third kappa shape index (κ3) is 5.22. The summed E-state index contributed by atoms with van der Waals surface area (Å²) >= 11 is 0. The zero-order chi connectivity index (χ0) is 21.7. The molecule has 1 aliphatic heterocycles. The Balaban J connectivity index is 1.46. The van der Waals surface area contributed by atoms with Gasteiger partial charge in [0.15, 0.2) is 0 Å². The van der Waals surface area contributed by atoms with E-state index in [0.29, 0.717) is 31.6 Å². The van der Waals surface area contributed by atoms with Crippen LogP contribution in [0.5, 0.6) is 5.75 Å². The Labute approximate surface area is 185 Å². The molecule has 4 nitrogen and oxygen atoms in total. The molecule has 1 saturated heterocycles. The Bertz CT molecular complexity index is 913. The molecule has 0 spiro atoms. The summed E-state index contributed by atoms with van der Waals surface area (Å²) in [4.78, 5) is 13.1. The summed E-state index contributed by atoms with van der Waals surface area (Å²) in [7, 11) is 0. The quantitative estimate of drug-likeness (QED) is 0.517. The maximum atomic E-state index is 13.1. The smallest absolute Gasteiger partial charge is 0.312 e. The molecule has 164 valence electrons. The van der Waals surface area contributed by atoms with E-state index in [1.54, 1.807) is 18.2 Å². The fourth-order valence-corrected chi connectivity index (χ4v) is 5.38. The van der Waals surface area contributed by atoms with Gasteiger partial charge in [0, 0.05) is 18.4 Å². The van der Waals surface area contributed by atoms with Crippen molar-refractivity contribution < 1.29 is 19.7 Å². The highest BCUT2D eigenvalue weighted by Gasteiger charge is 2.51. The molecule has 1 heterocycles. The summed E-state index contributed by atoms with van der Waals surface area (Å²) < 4.78 is 6.20. The number of phenolic OH excluding ortho intramolecular Hbond substituents is 1. The minimum absolute atomic E-state index is 0.202. The van der Waals surface area contributed by atoms with E-state index in [-0.39, 0.29) is 11.7 Å². The van der Waals surface area contributed by atoms with E-state index in [1.165, 1.54) is 5.57 Å². The van der Waals surface area contributed by atoms with Crippen LogP contribution >= 0.6 is 0 Å². The van der Waals surface area contributed by atoms with Crippen LogP contribution in [0.4, 0.5) is 0 Å². The maximum absolute atomic E-state index is 13.1. The van der Waals surface area contributed by atoms with Crippen LogP contribution in [0.1, 0.15) is 69.8 Å². The first-order valence-electron chi connectivity index (χ1n) is 11.6. The van der Waals surface area contributed by atoms with Crippen molar-refractivity contribution in [2.45, 2.75) is 75.9 Å². The fourth-order valence-electron chi connectivity index (χ4n) is 5.38. The average Bonchev–Trinajstić information content (AvgIpc) is 3.31. The van der Waals surface area contributed by atoms with Gasteiger partial charge in [0.2, 0.25) is 0 Å². The van der Waals surface area contributed by atoms with Crippen molar-refractivity contribution in [2.24, 2.45) is 11.8 Å². The van der Waals surface area contributed by atoms with Crippen LogP contribution in [0, 0.1) is 23.7 Å². The molecule has 1 aromatic carbocycles. The molecular formula is C27H32O4. The summed E-state index contributed by atoms with van der Waals surface area (Å²) in [5.74, 6) is 6.06. The van der Waals surface area contributed by atoms with Crippen molar-refractivity contribution in [3.05, 3.63) is 53.6 Å². The standard InChI is InChI=1S/C27H32O4/c28-23-15-8-12-20(17-23)11-6-7-16-27(22-13-4-5-14-22)19-25(29)24(26(30)31-27)18-21-9-2-1-3-10-21/h1-2,8-9,12,15,17,22,24-25,28-29H,3-5,7,10,13-14,16,18-19H2. The molecule has 1 aromatic rings. The molecule has 2 aliphatic carbocycles. The van der Waals surface area contributed by atoms with Gasteiger partial charge in [-0.05, 0) is 62.6 Å². The number of carbonyl (C=O) groups excluding carboxylic acids is 1. The van der Waals surface area contributed by atoms with Crippen LogP contribution in [0.3, 0.4) is 0 Å². The largest absolute Gasteiger partial charge is 0.508 e. The Morgan fingerprint density at radius 2 is 2.06 bits per heavy atom. The molecule has 4 rings (SSSR count). The predicted octanol–water partition coefficient (Wildman–Crippen LogP) is 5.04. The number of benzene rings is 1. The Morgan fingerprint density at radius 3 is 2.77 bits per heavy atom. The normalized spacial score (nSPS) is 28.5. The van der Waals surface area contributed by atoms with Crippen LogP contribution < -0.4 is 0 Å². The average molecular weight is 421 g/mol. The number of hydrogen-bond donors (Lipinski definition) is 2. The fraction of sp³-hybridized carbons (Fsp3) is 0.519. The highest BCUT2D eigenvalue weighted by atomic mass is 16.6. The minimum atomic E-state index is -0.673. The van der Waals surface area contributed by atoms with Crippen LogP contribution in [-0.4, -0.2) is 27.9 Å². The summed E-state index contributed by atoms with van der Waals surface area (Å²) in [5, 5.41) is 20.6. The van der Waals surface area contributed by atoms with E-state index in [2.05, 4.69) is 24.0 Å². The Kier molecular flexibility index (Phi) is 6.83. The zero-order valence-corrected chi connectivity index (χ0v) is 18.1. The van der Waals surface area contributed by atoms with Gasteiger partial charge in [-0.15, -0.1) is 0 Å². The van der Waals surface area contributed by atoms with Gasteiger partial charge in [0.25, 0.3) is 0 Å². The maximum Gasteiger partial charge on any atom is 0.312 e. The monoisotopic (exact) mass is 420 g/mol. The molecule has 2 fully saturated rings. The van der Waals surface area contributed by atoms with Gasteiger partial charge in [-0.1, -0.05) is 54.6 Å². The molecule has 3 unspecified atom stereocenters. The first-order chi connectivity index (χ1) is 15.1. The second kappa shape index (κ2) is 9.75. The van der Waals surface area contributed by atoms with Crippen molar-refractivity contribution in [3.8, 4) is 17.6 Å². The van der Waals surface area contributed by atoms with E-state index in [9.17, 15) is 15.0 Å². The topological polar surface area (TPSA) is 66.8 Å². The number of aliphatic hydroxyl groups excluding tert-OH is 1. The number of rotatable bonds is 5. The van der Waals surface area contributed by atoms with Gasteiger partial charge in [0.05, 0.1) is 12.0 Å². The van der Waals surface area contributed by atoms with Gasteiger partial charge >= 0.3 is 5.97 Å². The molecule has 3 aliphatic rings. The van der Waals surface area contributed by atoms with E-state index in [4.69, 9.17) is 4.74 Å². The van der Waals surface area contributed by atoms with Gasteiger partial charge < -0.3 is 14.9 Å². The lowest BCUT2D eigenvalue weighted by Crippen LogP contribution is -2.53. The van der Waals surface area contributed by atoms with Crippen molar-refractivity contribution in [1.29, 1.82) is 0 Å². The van der Waals surface area contributed by atoms with Gasteiger partial charge in [0.1, 0.15) is 11.4 Å². The predicted molar refractivity (Wildman–Crippen MR) is 120 cm³/mol. The first-order valence-corrected chi connectivity index (χ1v) is 11.6. The molecular weight excluding hydrogens is 388 g/mol. The summed E-state index contributed by atoms with van der Waals surface area (Å²) in [6.07, 6.45) is 14.2. The number of hydrogen-bond acceptors (Lipinski definition) is 4. The third-order valence-electron chi connectivity index (χ3n) is 7.06. The van der Waals surface area contributed by atoms with E-state index < -0.39 is 17.6 Å². The first kappa shape index (κ1) is 21.7. The number of carbonyl (C=O) groups is 1. The lowest BCUT2D eigenvalue weighted by Gasteiger charge is -2.45. The third-order valence-corrected chi connectivity index (χ3v) is 7.06. The molecule has 0 aromatic heterocycles. The van der Waals surface area contributed by atoms with Gasteiger partial charge in [-0.3, -0.25) is 4.79 Å². The Morgan fingerprint density at radius 1 is 1.23 bits per heavy atom. The summed E-state index contributed by atoms with van der Waals surface area (Å²) in [6, 6.07) is 6.91. The Hall–Kier alpha value is -2.51. The van der Waals surface area contributed by atoms with Crippen LogP contribution in [0.25, 0.3) is 0 Å². The second-order valence-corrected chi connectivity index (χ2v) is 9.19. The molecule has 4 heteroatoms. The minimum Gasteiger partial charge on any atom is -0.508 e. The van der Waals surface area contributed by atoms with Crippen LogP contribution in [0.2, 0.25) is 0 Å². The van der Waals surface area contributed by atoms with Crippen LogP contribution in [0.15, 0.2) is 48.1 Å².